The lowest BCUT2D eigenvalue weighted by atomic mass is 9.98. The summed E-state index contributed by atoms with van der Waals surface area (Å²) in [5.41, 5.74) is 1.25. The Balaban J connectivity index is 1.71. The van der Waals surface area contributed by atoms with Crippen LogP contribution in [-0.2, 0) is 4.79 Å². The normalized spacial score (nSPS) is 16.8. The molecule has 0 unspecified atom stereocenters. The van der Waals surface area contributed by atoms with Gasteiger partial charge < -0.3 is 15.4 Å². The van der Waals surface area contributed by atoms with Gasteiger partial charge in [0.2, 0.25) is 5.91 Å². The van der Waals surface area contributed by atoms with E-state index >= 15 is 0 Å². The van der Waals surface area contributed by atoms with Crippen molar-refractivity contribution in [2.75, 3.05) is 6.61 Å². The summed E-state index contributed by atoms with van der Waals surface area (Å²) in [5, 5.41) is 5.79. The van der Waals surface area contributed by atoms with E-state index in [2.05, 4.69) is 10.6 Å². The summed E-state index contributed by atoms with van der Waals surface area (Å²) in [5.74, 6) is -0.406. The average molecular weight is 370 g/mol. The van der Waals surface area contributed by atoms with Crippen molar-refractivity contribution in [1.29, 1.82) is 0 Å². The molecule has 3 rings (SSSR count). The molecule has 1 aliphatic rings. The molecule has 2 N–H and O–H groups in total. The molecule has 2 aromatic carbocycles. The zero-order chi connectivity index (χ0) is 19.4. The quantitative estimate of drug-likeness (QED) is 0.849. The monoisotopic (exact) mass is 370 g/mol. The van der Waals surface area contributed by atoms with Crippen LogP contribution in [-0.4, -0.2) is 24.5 Å². The lowest BCUT2D eigenvalue weighted by Crippen LogP contribution is -2.50. The van der Waals surface area contributed by atoms with Gasteiger partial charge in [0.25, 0.3) is 5.91 Å². The maximum absolute atomic E-state index is 13.0. The second kappa shape index (κ2) is 8.20. The minimum absolute atomic E-state index is 0.107. The van der Waals surface area contributed by atoms with Gasteiger partial charge in [-0.15, -0.1) is 0 Å². The number of para-hydroxylation sites is 1. The topological polar surface area (TPSA) is 67.4 Å². The van der Waals surface area contributed by atoms with E-state index in [1.807, 2.05) is 38.1 Å². The van der Waals surface area contributed by atoms with Crippen LogP contribution in [0.3, 0.4) is 0 Å². The molecule has 0 saturated heterocycles. The van der Waals surface area contributed by atoms with E-state index in [0.717, 1.165) is 11.3 Å². The molecule has 0 aliphatic carbocycles. The smallest absolute Gasteiger partial charge is 0.251 e. The van der Waals surface area contributed by atoms with Crippen LogP contribution < -0.4 is 15.4 Å². The Bertz CT molecular complexity index is 820. The Morgan fingerprint density at radius 1 is 1.11 bits per heavy atom. The lowest BCUT2D eigenvalue weighted by molar-refractivity contribution is -0.124. The molecule has 0 fully saturated rings. The highest BCUT2D eigenvalue weighted by molar-refractivity contribution is 5.97. The van der Waals surface area contributed by atoms with Crippen molar-refractivity contribution in [3.8, 4) is 5.75 Å². The van der Waals surface area contributed by atoms with Gasteiger partial charge in [0.15, 0.2) is 0 Å². The Kier molecular flexibility index (Phi) is 5.74. The largest absolute Gasteiger partial charge is 0.493 e. The van der Waals surface area contributed by atoms with Gasteiger partial charge in [-0.25, -0.2) is 4.39 Å². The highest BCUT2D eigenvalue weighted by Crippen LogP contribution is 2.31. The van der Waals surface area contributed by atoms with Crippen LogP contribution in [0.4, 0.5) is 4.39 Å². The Morgan fingerprint density at radius 3 is 2.52 bits per heavy atom. The fourth-order valence-electron chi connectivity index (χ4n) is 3.11. The number of amides is 2. The van der Waals surface area contributed by atoms with E-state index < -0.39 is 17.8 Å². The minimum atomic E-state index is -0.697. The molecule has 0 aromatic heterocycles. The third-order valence-corrected chi connectivity index (χ3v) is 4.62. The zero-order valence-corrected chi connectivity index (χ0v) is 15.4. The number of benzene rings is 2. The second-order valence-corrected chi connectivity index (χ2v) is 6.94. The molecule has 0 saturated carbocycles. The number of rotatable bonds is 5. The van der Waals surface area contributed by atoms with Crippen LogP contribution >= 0.6 is 0 Å². The number of fused-ring (bicyclic) bond motifs is 1. The van der Waals surface area contributed by atoms with Gasteiger partial charge in [0.05, 0.1) is 12.6 Å². The van der Waals surface area contributed by atoms with Crippen LogP contribution in [0.25, 0.3) is 0 Å². The molecule has 2 aromatic rings. The first kappa shape index (κ1) is 18.9. The van der Waals surface area contributed by atoms with E-state index in [1.54, 1.807) is 0 Å². The van der Waals surface area contributed by atoms with Crippen LogP contribution in [0.5, 0.6) is 5.75 Å². The predicted octanol–water partition coefficient (Wildman–Crippen LogP) is 3.22. The molecule has 2 amide bonds. The van der Waals surface area contributed by atoms with Crippen molar-refractivity contribution in [3.05, 3.63) is 65.5 Å². The number of ether oxygens (including phenoxy) is 1. The van der Waals surface area contributed by atoms with E-state index in [9.17, 15) is 14.0 Å². The summed E-state index contributed by atoms with van der Waals surface area (Å²) in [6.45, 7) is 4.26. The summed E-state index contributed by atoms with van der Waals surface area (Å²) in [4.78, 5) is 25.3. The first-order chi connectivity index (χ1) is 13.0. The van der Waals surface area contributed by atoms with Crippen molar-refractivity contribution < 1.29 is 18.7 Å². The fraction of sp³-hybridized carbons (Fsp3) is 0.333. The van der Waals surface area contributed by atoms with Crippen LogP contribution in [0.15, 0.2) is 48.5 Å². The van der Waals surface area contributed by atoms with Gasteiger partial charge in [-0.3, -0.25) is 9.59 Å². The molecule has 27 heavy (non-hydrogen) atoms. The standard InChI is InChI=1S/C21H23FN2O3/c1-13(2)19(24-20(25)14-7-9-15(22)10-8-14)21(26)23-17-11-12-27-18-6-4-3-5-16(17)18/h3-10,13,17,19H,11-12H2,1-2H3,(H,23,26)(H,24,25)/t17-,19-/m0/s1. The number of hydrogen-bond acceptors (Lipinski definition) is 3. The van der Waals surface area contributed by atoms with E-state index in [4.69, 9.17) is 4.74 Å². The first-order valence-corrected chi connectivity index (χ1v) is 9.04. The molecule has 142 valence electrons. The predicted molar refractivity (Wildman–Crippen MR) is 99.9 cm³/mol. The number of carbonyl (C=O) groups excluding carboxylic acids is 2. The van der Waals surface area contributed by atoms with Gasteiger partial charge in [0, 0.05) is 17.5 Å². The summed E-state index contributed by atoms with van der Waals surface area (Å²) in [6, 6.07) is 12.0. The van der Waals surface area contributed by atoms with Gasteiger partial charge in [-0.05, 0) is 36.2 Å². The van der Waals surface area contributed by atoms with E-state index in [1.165, 1.54) is 24.3 Å². The molecular formula is C21H23FN2O3. The molecule has 0 bridgehead atoms. The molecule has 1 aliphatic heterocycles. The third kappa shape index (κ3) is 4.45. The molecule has 5 nitrogen and oxygen atoms in total. The molecule has 0 radical (unpaired) electrons. The van der Waals surface area contributed by atoms with E-state index in [-0.39, 0.29) is 17.9 Å². The zero-order valence-electron chi connectivity index (χ0n) is 15.4. The number of halogens is 1. The fourth-order valence-corrected chi connectivity index (χ4v) is 3.11. The lowest BCUT2D eigenvalue weighted by Gasteiger charge is -2.29. The SMILES string of the molecule is CC(C)[C@H](NC(=O)c1ccc(F)cc1)C(=O)N[C@H]1CCOc2ccccc21. The number of nitrogens with one attached hydrogen (secondary N) is 2. The Hall–Kier alpha value is -2.89. The minimum Gasteiger partial charge on any atom is -0.493 e. The van der Waals surface area contributed by atoms with E-state index in [0.29, 0.717) is 18.6 Å². The van der Waals surface area contributed by atoms with Gasteiger partial charge in [-0.1, -0.05) is 32.0 Å². The van der Waals surface area contributed by atoms with Crippen LogP contribution in [0.1, 0.15) is 42.2 Å². The Morgan fingerprint density at radius 2 is 1.81 bits per heavy atom. The molecular weight excluding hydrogens is 347 g/mol. The van der Waals surface area contributed by atoms with Crippen LogP contribution in [0.2, 0.25) is 0 Å². The third-order valence-electron chi connectivity index (χ3n) is 4.62. The van der Waals surface area contributed by atoms with Crippen molar-refractivity contribution >= 4 is 11.8 Å². The average Bonchev–Trinajstić information content (AvgIpc) is 2.66. The molecule has 6 heteroatoms. The second-order valence-electron chi connectivity index (χ2n) is 6.94. The molecule has 0 spiro atoms. The molecule has 2 atom stereocenters. The first-order valence-electron chi connectivity index (χ1n) is 9.04. The summed E-state index contributed by atoms with van der Waals surface area (Å²) < 4.78 is 18.7. The van der Waals surface area contributed by atoms with Crippen molar-refractivity contribution in [3.63, 3.8) is 0 Å². The Labute approximate surface area is 157 Å². The number of carbonyl (C=O) groups is 2. The van der Waals surface area contributed by atoms with Crippen molar-refractivity contribution in [2.24, 2.45) is 5.92 Å². The van der Waals surface area contributed by atoms with Gasteiger partial charge in [0.1, 0.15) is 17.6 Å². The van der Waals surface area contributed by atoms with Crippen molar-refractivity contribution in [1.82, 2.24) is 10.6 Å². The number of hydrogen-bond donors (Lipinski definition) is 2. The highest BCUT2D eigenvalue weighted by atomic mass is 19.1. The summed E-state index contributed by atoms with van der Waals surface area (Å²) in [6.07, 6.45) is 0.666. The summed E-state index contributed by atoms with van der Waals surface area (Å²) >= 11 is 0. The highest BCUT2D eigenvalue weighted by Gasteiger charge is 2.29. The maximum Gasteiger partial charge on any atom is 0.251 e. The van der Waals surface area contributed by atoms with Gasteiger partial charge >= 0.3 is 0 Å². The van der Waals surface area contributed by atoms with Gasteiger partial charge in [-0.2, -0.15) is 0 Å². The summed E-state index contributed by atoms with van der Waals surface area (Å²) in [7, 11) is 0. The van der Waals surface area contributed by atoms with Crippen molar-refractivity contribution in [2.45, 2.75) is 32.4 Å². The maximum atomic E-state index is 13.0. The molecule has 1 heterocycles. The van der Waals surface area contributed by atoms with Crippen LogP contribution in [0, 0.1) is 11.7 Å².